The van der Waals surface area contributed by atoms with Gasteiger partial charge in [-0.2, -0.15) is 0 Å². The van der Waals surface area contributed by atoms with Gasteiger partial charge in [-0.3, -0.25) is 39.0 Å². The average Bonchev–Trinajstić information content (AvgIpc) is 3.79. The van der Waals surface area contributed by atoms with Gasteiger partial charge in [-0.05, 0) is 87.6 Å². The van der Waals surface area contributed by atoms with Gasteiger partial charge in [0.2, 0.25) is 17.7 Å². The number of rotatable bonds is 13. The van der Waals surface area contributed by atoms with Crippen molar-refractivity contribution in [3.05, 3.63) is 77.9 Å². The molecule has 4 fully saturated rings. The molecule has 3 N–H and O–H groups in total. The second kappa shape index (κ2) is 17.4. The summed E-state index contributed by atoms with van der Waals surface area (Å²) in [7, 11) is 0. The highest BCUT2D eigenvalue weighted by atomic mass is 16.5. The van der Waals surface area contributed by atoms with E-state index >= 15 is 0 Å². The van der Waals surface area contributed by atoms with E-state index in [0.717, 1.165) is 92.1 Å². The minimum Gasteiger partial charge on any atom is -0.483 e. The molecule has 61 heavy (non-hydrogen) atoms. The van der Waals surface area contributed by atoms with Crippen LogP contribution in [0.2, 0.25) is 0 Å². The van der Waals surface area contributed by atoms with E-state index in [1.807, 2.05) is 36.7 Å². The van der Waals surface area contributed by atoms with Gasteiger partial charge in [0.05, 0.1) is 23.9 Å². The average molecular weight is 831 g/mol. The molecular weight excluding hydrogens is 781 g/mol. The topological polar surface area (TPSA) is 201 Å². The number of amides is 6. The molecule has 1 aliphatic carbocycles. The number of hydrogen-bond acceptors (Lipinski definition) is 12. The van der Waals surface area contributed by atoms with Gasteiger partial charge in [0.25, 0.3) is 17.7 Å². The summed E-state index contributed by atoms with van der Waals surface area (Å²) in [6.45, 7) is 4.80. The number of carbonyl (C=O) groups is 6. The highest BCUT2D eigenvalue weighted by Gasteiger charge is 2.46. The first kappa shape index (κ1) is 40.2. The summed E-state index contributed by atoms with van der Waals surface area (Å²) < 4.78 is 7.96. The Morgan fingerprint density at radius 1 is 0.836 bits per heavy atom. The molecular formula is C44H50N10O7. The fourth-order valence-corrected chi connectivity index (χ4v) is 9.42. The molecule has 17 heteroatoms. The van der Waals surface area contributed by atoms with E-state index in [0.29, 0.717) is 31.3 Å². The molecule has 17 nitrogen and oxygen atoms in total. The standard InChI is InChI=1S/C44H50N10O7/c55-35-10-9-33(42(58)50-35)54-43(59)32-7-4-8-34(38(32)44(54)60)61-24-37(57)52-17-13-29(14-18-52)23-51-15-11-28(12-16-51)22-45-40-39-41(47-25-46-40)53(26-48-39)31-20-30(21-31)49-36(56)19-27-5-2-1-3-6-27/h1-8,25-26,28-31,33H,9-24H2,(H,49,56)(H,45,46,47)(H,50,55,58). The van der Waals surface area contributed by atoms with Crippen LogP contribution in [0.4, 0.5) is 5.82 Å². The number of nitrogens with zero attached hydrogens (tertiary/aromatic N) is 7. The first-order chi connectivity index (χ1) is 29.7. The van der Waals surface area contributed by atoms with E-state index in [9.17, 15) is 28.8 Å². The van der Waals surface area contributed by atoms with Crippen LogP contribution in [-0.2, 0) is 25.6 Å². The van der Waals surface area contributed by atoms with E-state index in [1.54, 1.807) is 23.4 Å². The molecule has 0 radical (unpaired) electrons. The summed E-state index contributed by atoms with van der Waals surface area (Å²) in [4.78, 5) is 95.4. The Bertz CT molecular complexity index is 2330. The SMILES string of the molecule is O=C1CCC(N2C(=O)c3cccc(OCC(=O)N4CCC(CN5CCC(CNc6ncnc7c6ncn7C6CC(NC(=O)Cc7ccccc7)C6)CC5)CC4)c3C2=O)C(=O)N1. The fourth-order valence-electron chi connectivity index (χ4n) is 9.42. The van der Waals surface area contributed by atoms with Gasteiger partial charge in [-0.1, -0.05) is 36.4 Å². The Balaban J connectivity index is 0.686. The van der Waals surface area contributed by atoms with Crippen LogP contribution in [0.3, 0.4) is 0 Å². The predicted molar refractivity (Wildman–Crippen MR) is 221 cm³/mol. The Morgan fingerprint density at radius 2 is 1.61 bits per heavy atom. The third-order valence-electron chi connectivity index (χ3n) is 13.0. The van der Waals surface area contributed by atoms with Crippen LogP contribution in [-0.4, -0.2) is 128 Å². The first-order valence-electron chi connectivity index (χ1n) is 21.4. The smallest absolute Gasteiger partial charge is 0.266 e. The van der Waals surface area contributed by atoms with Gasteiger partial charge in [0, 0.05) is 44.7 Å². The second-order valence-corrected chi connectivity index (χ2v) is 17.0. The Labute approximate surface area is 352 Å². The molecule has 3 saturated heterocycles. The molecule has 2 aromatic carbocycles. The summed E-state index contributed by atoms with van der Waals surface area (Å²) >= 11 is 0. The molecule has 9 rings (SSSR count). The van der Waals surface area contributed by atoms with Crippen molar-refractivity contribution < 1.29 is 33.5 Å². The van der Waals surface area contributed by atoms with Gasteiger partial charge >= 0.3 is 0 Å². The van der Waals surface area contributed by atoms with Crippen molar-refractivity contribution in [2.24, 2.45) is 11.8 Å². The quantitative estimate of drug-likeness (QED) is 0.167. The van der Waals surface area contributed by atoms with E-state index in [2.05, 4.69) is 40.4 Å². The van der Waals surface area contributed by atoms with Crippen molar-refractivity contribution in [1.82, 2.24) is 44.9 Å². The highest BCUT2D eigenvalue weighted by molar-refractivity contribution is 6.24. The minimum atomic E-state index is -1.08. The first-order valence-corrected chi connectivity index (χ1v) is 21.4. The molecule has 6 heterocycles. The van der Waals surface area contributed by atoms with Crippen molar-refractivity contribution in [2.75, 3.05) is 51.2 Å². The van der Waals surface area contributed by atoms with E-state index in [1.165, 1.54) is 6.07 Å². The molecule has 4 aromatic rings. The number of carbonyl (C=O) groups excluding carboxylic acids is 6. The monoisotopic (exact) mass is 830 g/mol. The second-order valence-electron chi connectivity index (χ2n) is 17.0. The number of aromatic nitrogens is 4. The molecule has 6 amide bonds. The number of fused-ring (bicyclic) bond motifs is 2. The van der Waals surface area contributed by atoms with Gasteiger partial charge in [-0.15, -0.1) is 0 Å². The molecule has 1 unspecified atom stereocenters. The number of imide groups is 2. The molecule has 2 aromatic heterocycles. The van der Waals surface area contributed by atoms with Crippen LogP contribution < -0.4 is 20.7 Å². The maximum Gasteiger partial charge on any atom is 0.266 e. The number of anilines is 1. The largest absolute Gasteiger partial charge is 0.483 e. The molecule has 0 bridgehead atoms. The number of likely N-dealkylation sites (tertiary alicyclic amines) is 2. The Kier molecular flexibility index (Phi) is 11.5. The maximum atomic E-state index is 13.4. The molecule has 5 aliphatic rings. The highest BCUT2D eigenvalue weighted by Crippen LogP contribution is 2.36. The number of benzene rings is 2. The Morgan fingerprint density at radius 3 is 2.38 bits per heavy atom. The normalized spacial score (nSPS) is 22.5. The number of ether oxygens (including phenoxy) is 1. The van der Waals surface area contributed by atoms with E-state index in [-0.39, 0.29) is 60.2 Å². The number of imidazole rings is 1. The number of nitrogens with one attached hydrogen (secondary N) is 3. The zero-order valence-corrected chi connectivity index (χ0v) is 34.0. The molecule has 318 valence electrons. The van der Waals surface area contributed by atoms with Crippen LogP contribution in [0, 0.1) is 11.8 Å². The third kappa shape index (κ3) is 8.56. The zero-order chi connectivity index (χ0) is 42.0. The summed E-state index contributed by atoms with van der Waals surface area (Å²) in [5, 5.41) is 8.92. The van der Waals surface area contributed by atoms with Crippen molar-refractivity contribution in [1.29, 1.82) is 0 Å². The summed E-state index contributed by atoms with van der Waals surface area (Å²) in [5.74, 6) is -0.692. The molecule has 1 atom stereocenters. The van der Waals surface area contributed by atoms with Crippen LogP contribution in [0.15, 0.2) is 61.2 Å². The number of hydrogen-bond donors (Lipinski definition) is 3. The van der Waals surface area contributed by atoms with Crippen LogP contribution in [0.5, 0.6) is 5.75 Å². The minimum absolute atomic E-state index is 0.0299. The lowest BCUT2D eigenvalue weighted by Crippen LogP contribution is -2.54. The van der Waals surface area contributed by atoms with Crippen molar-refractivity contribution >= 4 is 52.4 Å². The van der Waals surface area contributed by atoms with E-state index in [4.69, 9.17) is 4.74 Å². The lowest BCUT2D eigenvalue weighted by Gasteiger charge is -2.37. The van der Waals surface area contributed by atoms with Crippen LogP contribution >= 0.6 is 0 Å². The van der Waals surface area contributed by atoms with Gasteiger partial charge < -0.3 is 29.7 Å². The van der Waals surface area contributed by atoms with Crippen LogP contribution in [0.1, 0.15) is 83.7 Å². The molecule has 1 saturated carbocycles. The lowest BCUT2D eigenvalue weighted by atomic mass is 9.86. The Hall–Kier alpha value is -6.23. The summed E-state index contributed by atoms with van der Waals surface area (Å²) in [6, 6.07) is 13.7. The van der Waals surface area contributed by atoms with E-state index < -0.39 is 29.7 Å². The third-order valence-corrected chi connectivity index (χ3v) is 13.0. The predicted octanol–water partition coefficient (Wildman–Crippen LogP) is 2.73. The lowest BCUT2D eigenvalue weighted by molar-refractivity contribution is -0.136. The van der Waals surface area contributed by atoms with Crippen LogP contribution in [0.25, 0.3) is 11.2 Å². The molecule has 4 aliphatic heterocycles. The van der Waals surface area contributed by atoms with Gasteiger partial charge in [0.1, 0.15) is 23.6 Å². The van der Waals surface area contributed by atoms with Gasteiger partial charge in [-0.25, -0.2) is 15.0 Å². The number of piperidine rings is 3. The van der Waals surface area contributed by atoms with Crippen molar-refractivity contribution in [2.45, 2.75) is 75.9 Å². The molecule has 0 spiro atoms. The maximum absolute atomic E-state index is 13.4. The summed E-state index contributed by atoms with van der Waals surface area (Å²) in [6.07, 6.45) is 9.52. The summed E-state index contributed by atoms with van der Waals surface area (Å²) in [5.41, 5.74) is 2.72. The fraction of sp³-hybridized carbons (Fsp3) is 0.477. The van der Waals surface area contributed by atoms with Crippen molar-refractivity contribution in [3.63, 3.8) is 0 Å². The van der Waals surface area contributed by atoms with Crippen molar-refractivity contribution in [3.8, 4) is 5.75 Å². The zero-order valence-electron chi connectivity index (χ0n) is 34.0. The van der Waals surface area contributed by atoms with Gasteiger partial charge in [0.15, 0.2) is 18.1 Å².